The van der Waals surface area contributed by atoms with E-state index in [9.17, 15) is 0 Å². The summed E-state index contributed by atoms with van der Waals surface area (Å²) in [6.45, 7) is 4.59. The summed E-state index contributed by atoms with van der Waals surface area (Å²) >= 11 is 0. The molecule has 0 saturated carbocycles. The summed E-state index contributed by atoms with van der Waals surface area (Å²) in [6.07, 6.45) is 0. The topological polar surface area (TPSA) is 12.9 Å². The average Bonchev–Trinajstić information content (AvgIpc) is 3.27. The van der Waals surface area contributed by atoms with Gasteiger partial charge < -0.3 is 0 Å². The molecular formula is C54H41N. The predicted molar refractivity (Wildman–Crippen MR) is 233 cm³/mol. The third-order valence-corrected chi connectivity index (χ3v) is 11.0. The lowest BCUT2D eigenvalue weighted by atomic mass is 9.78. The van der Waals surface area contributed by atoms with E-state index in [0.717, 1.165) is 22.2 Å². The number of benzene rings is 8. The average molecular weight is 704 g/mol. The molecule has 1 aromatic heterocycles. The normalized spacial score (nSPS) is 11.5. The number of hydrogen-bond acceptors (Lipinski definition) is 1. The van der Waals surface area contributed by atoms with E-state index in [-0.39, 0.29) is 5.41 Å². The highest BCUT2D eigenvalue weighted by atomic mass is 14.7. The van der Waals surface area contributed by atoms with Gasteiger partial charge in [-0.1, -0.05) is 184 Å². The first-order valence-electron chi connectivity index (χ1n) is 19.0. The second kappa shape index (κ2) is 14.5. The zero-order chi connectivity index (χ0) is 37.2. The molecule has 0 bridgehead atoms. The second-order valence-electron chi connectivity index (χ2n) is 14.9. The van der Waals surface area contributed by atoms with Gasteiger partial charge in [0.05, 0.1) is 11.2 Å². The number of aromatic nitrogens is 1. The van der Waals surface area contributed by atoms with E-state index in [1.807, 2.05) is 0 Å². The predicted octanol–water partition coefficient (Wildman–Crippen LogP) is 14.6. The van der Waals surface area contributed by atoms with Crippen LogP contribution in [0.4, 0.5) is 0 Å². The Morgan fingerprint density at radius 1 is 0.291 bits per heavy atom. The van der Waals surface area contributed by atoms with E-state index < -0.39 is 0 Å². The van der Waals surface area contributed by atoms with Crippen LogP contribution >= 0.6 is 0 Å². The van der Waals surface area contributed by atoms with Gasteiger partial charge in [-0.2, -0.15) is 0 Å². The van der Waals surface area contributed by atoms with Gasteiger partial charge in [0.1, 0.15) is 0 Å². The van der Waals surface area contributed by atoms with Crippen LogP contribution in [0.3, 0.4) is 0 Å². The SMILES string of the molecule is CC(C)(c1ccccc1)c1ccc(-c2cccc(-c3cccc(-c4cccc(-c5cccc(-c6ccc7cc(-c8ccccc8)ccc7n6)c5)c4)c3)c2)cc1. The molecule has 0 radical (unpaired) electrons. The Morgan fingerprint density at radius 3 is 1.22 bits per heavy atom. The molecule has 9 aromatic rings. The van der Waals surface area contributed by atoms with E-state index in [4.69, 9.17) is 4.98 Å². The molecule has 0 aliphatic heterocycles. The van der Waals surface area contributed by atoms with Crippen LogP contribution in [0, 0.1) is 0 Å². The highest BCUT2D eigenvalue weighted by molar-refractivity contribution is 5.87. The van der Waals surface area contributed by atoms with Crippen molar-refractivity contribution < 1.29 is 0 Å². The van der Waals surface area contributed by atoms with Crippen molar-refractivity contribution in [1.82, 2.24) is 4.98 Å². The van der Waals surface area contributed by atoms with Gasteiger partial charge in [0, 0.05) is 16.4 Å². The first kappa shape index (κ1) is 34.0. The Kier molecular flexibility index (Phi) is 8.98. The molecular weight excluding hydrogens is 663 g/mol. The maximum atomic E-state index is 5.07. The molecule has 262 valence electrons. The number of rotatable bonds is 8. The fraction of sp³-hybridized carbons (Fsp3) is 0.0556. The summed E-state index contributed by atoms with van der Waals surface area (Å²) < 4.78 is 0. The molecule has 0 aliphatic carbocycles. The molecule has 0 atom stereocenters. The van der Waals surface area contributed by atoms with E-state index in [0.29, 0.717) is 0 Å². The van der Waals surface area contributed by atoms with Gasteiger partial charge >= 0.3 is 0 Å². The van der Waals surface area contributed by atoms with E-state index >= 15 is 0 Å². The highest BCUT2D eigenvalue weighted by Gasteiger charge is 2.22. The minimum absolute atomic E-state index is 0.0647. The maximum Gasteiger partial charge on any atom is 0.0709 e. The van der Waals surface area contributed by atoms with E-state index in [2.05, 4.69) is 226 Å². The van der Waals surface area contributed by atoms with Gasteiger partial charge in [-0.15, -0.1) is 0 Å². The zero-order valence-electron chi connectivity index (χ0n) is 31.2. The minimum atomic E-state index is -0.0647. The number of hydrogen-bond donors (Lipinski definition) is 0. The van der Waals surface area contributed by atoms with Crippen LogP contribution in [0.5, 0.6) is 0 Å². The van der Waals surface area contributed by atoms with Crippen LogP contribution in [0.2, 0.25) is 0 Å². The molecule has 55 heavy (non-hydrogen) atoms. The molecule has 1 nitrogen and oxygen atoms in total. The lowest BCUT2D eigenvalue weighted by Crippen LogP contribution is -2.18. The minimum Gasteiger partial charge on any atom is -0.248 e. The van der Waals surface area contributed by atoms with Gasteiger partial charge in [-0.25, -0.2) is 4.98 Å². The van der Waals surface area contributed by atoms with Crippen molar-refractivity contribution in [2.24, 2.45) is 0 Å². The number of pyridine rings is 1. The first-order valence-corrected chi connectivity index (χ1v) is 19.0. The molecule has 9 rings (SSSR count). The molecule has 0 aliphatic rings. The lowest BCUT2D eigenvalue weighted by molar-refractivity contribution is 0.641. The Morgan fingerprint density at radius 2 is 0.673 bits per heavy atom. The molecule has 1 heterocycles. The molecule has 0 N–H and O–H groups in total. The van der Waals surface area contributed by atoms with Gasteiger partial charge in [0.15, 0.2) is 0 Å². The molecule has 0 unspecified atom stereocenters. The van der Waals surface area contributed by atoms with Crippen molar-refractivity contribution in [1.29, 1.82) is 0 Å². The summed E-state index contributed by atoms with van der Waals surface area (Å²) in [6, 6.07) is 76.5. The summed E-state index contributed by atoms with van der Waals surface area (Å²) in [5, 5.41) is 1.14. The third kappa shape index (κ3) is 7.01. The van der Waals surface area contributed by atoms with E-state index in [1.165, 1.54) is 66.8 Å². The molecule has 0 fully saturated rings. The Bertz CT molecular complexity index is 2760. The summed E-state index contributed by atoms with van der Waals surface area (Å²) in [5.74, 6) is 0. The third-order valence-electron chi connectivity index (χ3n) is 11.0. The van der Waals surface area contributed by atoms with Crippen LogP contribution in [0.15, 0.2) is 212 Å². The monoisotopic (exact) mass is 703 g/mol. The van der Waals surface area contributed by atoms with Crippen molar-refractivity contribution in [2.75, 3.05) is 0 Å². The smallest absolute Gasteiger partial charge is 0.0709 e. The van der Waals surface area contributed by atoms with Gasteiger partial charge in [-0.3, -0.25) is 0 Å². The largest absolute Gasteiger partial charge is 0.248 e. The standard InChI is InChI=1S/C54H41N/c1-54(2,50-23-7-4-8-24-50)51-29-25-39(26-30-51)40-15-9-16-41(33-40)42-17-10-18-43(34-42)44-19-11-20-45(35-44)46-21-12-22-48(36-46)52-32-28-49-37-47(27-31-53(49)55-52)38-13-5-3-6-14-38/h3-37H,1-2H3. The van der Waals surface area contributed by atoms with Crippen LogP contribution < -0.4 is 0 Å². The van der Waals surface area contributed by atoms with Gasteiger partial charge in [0.25, 0.3) is 0 Å². The fourth-order valence-corrected chi connectivity index (χ4v) is 7.69. The van der Waals surface area contributed by atoms with Crippen LogP contribution in [0.1, 0.15) is 25.0 Å². The van der Waals surface area contributed by atoms with Crippen molar-refractivity contribution in [3.63, 3.8) is 0 Å². The molecule has 0 saturated heterocycles. The highest BCUT2D eigenvalue weighted by Crippen LogP contribution is 2.35. The van der Waals surface area contributed by atoms with Crippen molar-refractivity contribution >= 4 is 10.9 Å². The van der Waals surface area contributed by atoms with Crippen LogP contribution in [-0.4, -0.2) is 4.98 Å². The zero-order valence-corrected chi connectivity index (χ0v) is 31.2. The number of fused-ring (bicyclic) bond motifs is 1. The lowest BCUT2D eigenvalue weighted by Gasteiger charge is -2.26. The fourth-order valence-electron chi connectivity index (χ4n) is 7.69. The van der Waals surface area contributed by atoms with E-state index in [1.54, 1.807) is 0 Å². The summed E-state index contributed by atoms with van der Waals surface area (Å²) in [7, 11) is 0. The van der Waals surface area contributed by atoms with Gasteiger partial charge in [0.2, 0.25) is 0 Å². The summed E-state index contributed by atoms with van der Waals surface area (Å²) in [5.41, 5.74) is 17.6. The van der Waals surface area contributed by atoms with Crippen molar-refractivity contribution in [3.05, 3.63) is 223 Å². The number of nitrogens with zero attached hydrogens (tertiary/aromatic N) is 1. The molecule has 0 amide bonds. The summed E-state index contributed by atoms with van der Waals surface area (Å²) in [4.78, 5) is 5.07. The molecule has 0 spiro atoms. The first-order chi connectivity index (χ1) is 27.0. The van der Waals surface area contributed by atoms with Crippen LogP contribution in [-0.2, 0) is 5.41 Å². The molecule has 8 aromatic carbocycles. The van der Waals surface area contributed by atoms with Gasteiger partial charge in [-0.05, 0) is 109 Å². The Balaban J connectivity index is 0.961. The quantitative estimate of drug-likeness (QED) is 0.154. The van der Waals surface area contributed by atoms with Crippen LogP contribution in [0.25, 0.3) is 77.8 Å². The second-order valence-corrected chi connectivity index (χ2v) is 14.9. The van der Waals surface area contributed by atoms with Crippen molar-refractivity contribution in [3.8, 4) is 66.9 Å². The Labute approximate surface area is 324 Å². The Hall–Kier alpha value is -6.83. The van der Waals surface area contributed by atoms with Crippen molar-refractivity contribution in [2.45, 2.75) is 19.3 Å². The molecule has 1 heteroatoms. The maximum absolute atomic E-state index is 5.07.